The largest absolute Gasteiger partial charge is 0.394 e. The summed E-state index contributed by atoms with van der Waals surface area (Å²) in [6.45, 7) is 4.39. The lowest BCUT2D eigenvalue weighted by Crippen LogP contribution is -2.43. The predicted molar refractivity (Wildman–Crippen MR) is 130 cm³/mol. The molecule has 164 valence electrons. The van der Waals surface area contributed by atoms with Crippen LogP contribution in [0, 0.1) is 6.92 Å². The van der Waals surface area contributed by atoms with Gasteiger partial charge in [-0.25, -0.2) is 0 Å². The SMILES string of the molecule is Cc1ccc(Nc2cccc3c2CCN(C2(CO)CC2)C3)cc1C1Nc2ccccc2N1. The van der Waals surface area contributed by atoms with Crippen molar-refractivity contribution in [3.63, 3.8) is 0 Å². The molecule has 6 rings (SSSR count). The zero-order valence-corrected chi connectivity index (χ0v) is 18.5. The van der Waals surface area contributed by atoms with Gasteiger partial charge in [-0.1, -0.05) is 30.3 Å². The van der Waals surface area contributed by atoms with Crippen LogP contribution in [-0.2, 0) is 13.0 Å². The summed E-state index contributed by atoms with van der Waals surface area (Å²) in [6.07, 6.45) is 3.33. The van der Waals surface area contributed by atoms with E-state index in [1.807, 2.05) is 0 Å². The number of nitrogens with one attached hydrogen (secondary N) is 3. The Morgan fingerprint density at radius 2 is 1.81 bits per heavy atom. The molecule has 3 aliphatic rings. The first-order valence-corrected chi connectivity index (χ1v) is 11.6. The van der Waals surface area contributed by atoms with Crippen LogP contribution < -0.4 is 16.0 Å². The predicted octanol–water partition coefficient (Wildman–Crippen LogP) is 5.16. The molecule has 0 atom stereocenters. The standard InChI is InChI=1S/C27H30N4O/c1-18-9-10-20(15-22(18)26-29-24-6-2-3-7-25(24)30-26)28-23-8-4-5-19-16-31(14-11-21(19)23)27(17-32)12-13-27/h2-10,15,26,28-30,32H,11-14,16-17H2,1H3. The summed E-state index contributed by atoms with van der Waals surface area (Å²) < 4.78 is 0. The van der Waals surface area contributed by atoms with E-state index in [0.29, 0.717) is 0 Å². The van der Waals surface area contributed by atoms with E-state index >= 15 is 0 Å². The van der Waals surface area contributed by atoms with E-state index in [0.717, 1.165) is 49.4 Å². The fourth-order valence-electron chi connectivity index (χ4n) is 5.27. The molecule has 1 saturated carbocycles. The van der Waals surface area contributed by atoms with E-state index in [1.54, 1.807) is 0 Å². The lowest BCUT2D eigenvalue weighted by atomic mass is 9.96. The quantitative estimate of drug-likeness (QED) is 0.454. The van der Waals surface area contributed by atoms with Crippen LogP contribution in [-0.4, -0.2) is 28.7 Å². The molecule has 0 radical (unpaired) electrons. The smallest absolute Gasteiger partial charge is 0.123 e. The van der Waals surface area contributed by atoms with Crippen LogP contribution in [0.4, 0.5) is 22.7 Å². The number of aliphatic hydroxyl groups is 1. The van der Waals surface area contributed by atoms with Gasteiger partial charge in [0.05, 0.1) is 18.0 Å². The third kappa shape index (κ3) is 3.33. The van der Waals surface area contributed by atoms with Crippen molar-refractivity contribution in [3.05, 3.63) is 82.9 Å². The fourth-order valence-corrected chi connectivity index (χ4v) is 5.27. The molecule has 0 unspecified atom stereocenters. The number of anilines is 4. The highest BCUT2D eigenvalue weighted by molar-refractivity contribution is 5.76. The molecule has 0 saturated heterocycles. The van der Waals surface area contributed by atoms with Gasteiger partial charge in [0.2, 0.25) is 0 Å². The molecule has 2 heterocycles. The average molecular weight is 427 g/mol. The van der Waals surface area contributed by atoms with Gasteiger partial charge in [0, 0.05) is 30.0 Å². The van der Waals surface area contributed by atoms with Crippen molar-refractivity contribution in [2.45, 2.75) is 44.4 Å². The van der Waals surface area contributed by atoms with Crippen molar-refractivity contribution in [2.24, 2.45) is 0 Å². The third-order valence-corrected chi connectivity index (χ3v) is 7.45. The lowest BCUT2D eigenvalue weighted by molar-refractivity contribution is 0.0935. The second kappa shape index (κ2) is 7.54. The maximum Gasteiger partial charge on any atom is 0.123 e. The van der Waals surface area contributed by atoms with Gasteiger partial charge in [-0.15, -0.1) is 0 Å². The zero-order chi connectivity index (χ0) is 21.7. The number of benzene rings is 3. The first-order chi connectivity index (χ1) is 15.6. The van der Waals surface area contributed by atoms with Crippen LogP contribution in [0.2, 0.25) is 0 Å². The number of fused-ring (bicyclic) bond motifs is 2. The number of hydrogen-bond donors (Lipinski definition) is 4. The van der Waals surface area contributed by atoms with E-state index in [-0.39, 0.29) is 18.3 Å². The Hall–Kier alpha value is -3.02. The fraction of sp³-hybridized carbons (Fsp3) is 0.333. The van der Waals surface area contributed by atoms with E-state index in [9.17, 15) is 5.11 Å². The maximum absolute atomic E-state index is 9.84. The Morgan fingerprint density at radius 3 is 2.53 bits per heavy atom. The maximum atomic E-state index is 9.84. The number of aryl methyl sites for hydroxylation is 1. The average Bonchev–Trinajstić information content (AvgIpc) is 3.51. The van der Waals surface area contributed by atoms with Crippen LogP contribution in [0.1, 0.15) is 41.3 Å². The number of nitrogens with zero attached hydrogens (tertiary/aromatic N) is 1. The second-order valence-electron chi connectivity index (χ2n) is 9.46. The minimum absolute atomic E-state index is 0.0475. The van der Waals surface area contributed by atoms with Crippen LogP contribution in [0.5, 0.6) is 0 Å². The number of rotatable bonds is 5. The molecule has 32 heavy (non-hydrogen) atoms. The van der Waals surface area contributed by atoms with Crippen molar-refractivity contribution in [3.8, 4) is 0 Å². The number of hydrogen-bond acceptors (Lipinski definition) is 5. The minimum Gasteiger partial charge on any atom is -0.394 e. The van der Waals surface area contributed by atoms with Crippen LogP contribution in [0.15, 0.2) is 60.7 Å². The molecule has 1 aliphatic carbocycles. The Kier molecular flexibility index (Phi) is 4.63. The van der Waals surface area contributed by atoms with Gasteiger partial charge in [-0.05, 0) is 78.8 Å². The Morgan fingerprint density at radius 1 is 1.03 bits per heavy atom. The summed E-state index contributed by atoms with van der Waals surface area (Å²) in [4.78, 5) is 2.48. The molecule has 1 fully saturated rings. The normalized spacial score (nSPS) is 18.9. The van der Waals surface area contributed by atoms with Crippen molar-refractivity contribution in [1.82, 2.24) is 4.90 Å². The molecule has 0 amide bonds. The first kappa shape index (κ1) is 19.6. The molecule has 0 aromatic heterocycles. The van der Waals surface area contributed by atoms with Gasteiger partial charge in [-0.2, -0.15) is 0 Å². The van der Waals surface area contributed by atoms with Gasteiger partial charge < -0.3 is 21.1 Å². The molecule has 5 heteroatoms. The summed E-state index contributed by atoms with van der Waals surface area (Å²) >= 11 is 0. The number of aliphatic hydroxyl groups excluding tert-OH is 1. The highest BCUT2D eigenvalue weighted by Gasteiger charge is 2.48. The summed E-state index contributed by atoms with van der Waals surface area (Å²) in [5.74, 6) is 0. The zero-order valence-electron chi connectivity index (χ0n) is 18.5. The lowest BCUT2D eigenvalue weighted by Gasteiger charge is -2.36. The van der Waals surface area contributed by atoms with Crippen LogP contribution >= 0.6 is 0 Å². The molecule has 5 nitrogen and oxygen atoms in total. The number of para-hydroxylation sites is 2. The molecule has 3 aromatic rings. The van der Waals surface area contributed by atoms with Crippen molar-refractivity contribution >= 4 is 22.7 Å². The van der Waals surface area contributed by atoms with E-state index in [1.165, 1.54) is 27.9 Å². The molecule has 2 aliphatic heterocycles. The monoisotopic (exact) mass is 426 g/mol. The molecule has 3 aromatic carbocycles. The van der Waals surface area contributed by atoms with Gasteiger partial charge in [0.15, 0.2) is 0 Å². The minimum atomic E-state index is 0.0475. The van der Waals surface area contributed by atoms with Gasteiger partial charge in [-0.3, -0.25) is 4.90 Å². The molecule has 4 N–H and O–H groups in total. The van der Waals surface area contributed by atoms with Crippen molar-refractivity contribution in [1.29, 1.82) is 0 Å². The van der Waals surface area contributed by atoms with Crippen LogP contribution in [0.3, 0.4) is 0 Å². The topological polar surface area (TPSA) is 59.6 Å². The van der Waals surface area contributed by atoms with Crippen LogP contribution in [0.25, 0.3) is 0 Å². The molecular formula is C27H30N4O. The molecule has 0 spiro atoms. The third-order valence-electron chi connectivity index (χ3n) is 7.45. The summed E-state index contributed by atoms with van der Waals surface area (Å²) in [7, 11) is 0. The molecule has 0 bridgehead atoms. The highest BCUT2D eigenvalue weighted by Crippen LogP contribution is 2.44. The van der Waals surface area contributed by atoms with E-state index in [4.69, 9.17) is 0 Å². The molecular weight excluding hydrogens is 396 g/mol. The van der Waals surface area contributed by atoms with Gasteiger partial charge in [0.25, 0.3) is 0 Å². The van der Waals surface area contributed by atoms with Crippen molar-refractivity contribution in [2.75, 3.05) is 29.1 Å². The van der Waals surface area contributed by atoms with E-state index in [2.05, 4.69) is 88.4 Å². The Balaban J connectivity index is 1.24. The van der Waals surface area contributed by atoms with Gasteiger partial charge >= 0.3 is 0 Å². The van der Waals surface area contributed by atoms with E-state index < -0.39 is 0 Å². The summed E-state index contributed by atoms with van der Waals surface area (Å²) in [5, 5.41) is 20.7. The highest BCUT2D eigenvalue weighted by atomic mass is 16.3. The van der Waals surface area contributed by atoms with Crippen molar-refractivity contribution < 1.29 is 5.11 Å². The first-order valence-electron chi connectivity index (χ1n) is 11.6. The summed E-state index contributed by atoms with van der Waals surface area (Å²) in [6, 6.07) is 21.5. The Bertz CT molecular complexity index is 1150. The Labute approximate surface area is 189 Å². The second-order valence-corrected chi connectivity index (χ2v) is 9.46. The summed E-state index contributed by atoms with van der Waals surface area (Å²) in [5.41, 5.74) is 9.94. The van der Waals surface area contributed by atoms with Gasteiger partial charge in [0.1, 0.15) is 6.17 Å².